The van der Waals surface area contributed by atoms with Gasteiger partial charge in [-0.2, -0.15) is 0 Å². The average Bonchev–Trinajstić information content (AvgIpc) is 2.70. The average molecular weight is 482 g/mol. The molecule has 0 fully saturated rings. The molecule has 1 atom stereocenters. The molecule has 0 saturated heterocycles. The first-order valence-electron chi connectivity index (χ1n) is 9.56. The van der Waals surface area contributed by atoms with Crippen molar-refractivity contribution in [2.24, 2.45) is 0 Å². The predicted octanol–water partition coefficient (Wildman–Crippen LogP) is 4.73. The van der Waals surface area contributed by atoms with Crippen molar-refractivity contribution in [3.63, 3.8) is 0 Å². The van der Waals surface area contributed by atoms with Crippen LogP contribution >= 0.6 is 27.5 Å². The molecule has 7 heteroatoms. The summed E-state index contributed by atoms with van der Waals surface area (Å²) in [6, 6.07) is 12.2. The van der Waals surface area contributed by atoms with Crippen molar-refractivity contribution in [1.29, 1.82) is 0 Å². The van der Waals surface area contributed by atoms with Gasteiger partial charge in [0.15, 0.2) is 6.61 Å². The van der Waals surface area contributed by atoms with Gasteiger partial charge in [0, 0.05) is 22.6 Å². The normalized spacial score (nSPS) is 11.6. The van der Waals surface area contributed by atoms with Crippen LogP contribution in [0, 0.1) is 6.92 Å². The quantitative estimate of drug-likeness (QED) is 0.563. The highest BCUT2D eigenvalue weighted by Gasteiger charge is 2.28. The maximum atomic E-state index is 13.0. The highest BCUT2D eigenvalue weighted by atomic mass is 79.9. The third kappa shape index (κ3) is 6.75. The van der Waals surface area contributed by atoms with Crippen LogP contribution in [0.4, 0.5) is 0 Å². The summed E-state index contributed by atoms with van der Waals surface area (Å²) in [5, 5.41) is 3.44. The molecule has 0 bridgehead atoms. The van der Waals surface area contributed by atoms with E-state index in [0.717, 1.165) is 15.6 Å². The molecule has 5 nitrogen and oxygen atoms in total. The van der Waals surface area contributed by atoms with Gasteiger partial charge in [-0.3, -0.25) is 9.59 Å². The number of likely N-dealkylation sites (N-methyl/N-ethyl adjacent to an activating group) is 1. The molecule has 156 valence electrons. The van der Waals surface area contributed by atoms with Gasteiger partial charge in [-0.15, -0.1) is 0 Å². The molecule has 2 rings (SSSR count). The van der Waals surface area contributed by atoms with Crippen molar-refractivity contribution in [3.05, 3.63) is 63.1 Å². The van der Waals surface area contributed by atoms with Gasteiger partial charge in [0.25, 0.3) is 5.91 Å². The number of carbonyl (C=O) groups excluding carboxylic acids is 2. The summed E-state index contributed by atoms with van der Waals surface area (Å²) in [6.45, 7) is 6.36. The summed E-state index contributed by atoms with van der Waals surface area (Å²) >= 11 is 9.41. The minimum absolute atomic E-state index is 0.148. The number of halogens is 2. The van der Waals surface area contributed by atoms with Gasteiger partial charge in [0.2, 0.25) is 5.91 Å². The number of hydrogen-bond donors (Lipinski definition) is 1. The molecule has 2 aromatic rings. The van der Waals surface area contributed by atoms with E-state index in [0.29, 0.717) is 30.3 Å². The number of nitrogens with zero attached hydrogens (tertiary/aromatic N) is 1. The summed E-state index contributed by atoms with van der Waals surface area (Å²) in [7, 11) is 0. The Hall–Kier alpha value is -2.05. The highest BCUT2D eigenvalue weighted by molar-refractivity contribution is 9.10. The molecule has 1 N–H and O–H groups in total. The summed E-state index contributed by atoms with van der Waals surface area (Å²) in [5.74, 6) is 0.187. The zero-order chi connectivity index (χ0) is 21.4. The second-order valence-corrected chi connectivity index (χ2v) is 7.96. The zero-order valence-corrected chi connectivity index (χ0v) is 19.2. The van der Waals surface area contributed by atoms with Gasteiger partial charge < -0.3 is 15.0 Å². The molecule has 29 heavy (non-hydrogen) atoms. The number of nitrogens with one attached hydrogen (secondary N) is 1. The van der Waals surface area contributed by atoms with E-state index < -0.39 is 6.04 Å². The molecule has 0 unspecified atom stereocenters. The van der Waals surface area contributed by atoms with E-state index in [1.807, 2.05) is 45.0 Å². The van der Waals surface area contributed by atoms with Crippen LogP contribution in [0.25, 0.3) is 0 Å². The number of ether oxygens (including phenoxy) is 1. The Morgan fingerprint density at radius 2 is 1.86 bits per heavy atom. The van der Waals surface area contributed by atoms with Gasteiger partial charge in [0.05, 0.1) is 0 Å². The van der Waals surface area contributed by atoms with Crippen LogP contribution in [-0.2, 0) is 16.1 Å². The molecule has 0 radical (unpaired) electrons. The van der Waals surface area contributed by atoms with E-state index in [-0.39, 0.29) is 18.4 Å². The maximum Gasteiger partial charge on any atom is 0.261 e. The molecule has 2 amide bonds. The standard InChI is InChI=1S/C22H26BrClN2O3/c1-4-20(22(28)25-5-2)26(13-16-6-8-17(24)9-7-16)21(27)14-29-18-10-11-19(23)15(3)12-18/h6-12,20H,4-5,13-14H2,1-3H3,(H,25,28)/t20-/m1/s1. The molecule has 0 aliphatic rings. The fraction of sp³-hybridized carbons (Fsp3) is 0.364. The van der Waals surface area contributed by atoms with Crippen molar-refractivity contribution < 1.29 is 14.3 Å². The first-order valence-corrected chi connectivity index (χ1v) is 10.7. The lowest BCUT2D eigenvalue weighted by Crippen LogP contribution is -2.50. The molecular formula is C22H26BrClN2O3. The molecule has 0 heterocycles. The summed E-state index contributed by atoms with van der Waals surface area (Å²) in [5.41, 5.74) is 1.91. The third-order valence-electron chi connectivity index (χ3n) is 4.49. The number of rotatable bonds is 9. The Bertz CT molecular complexity index is 842. The molecule has 0 aliphatic heterocycles. The van der Waals surface area contributed by atoms with Crippen molar-refractivity contribution in [1.82, 2.24) is 10.2 Å². The van der Waals surface area contributed by atoms with Gasteiger partial charge in [0.1, 0.15) is 11.8 Å². The summed E-state index contributed by atoms with van der Waals surface area (Å²) in [4.78, 5) is 27.2. The molecular weight excluding hydrogens is 456 g/mol. The van der Waals surface area contributed by atoms with Crippen LogP contribution in [-0.4, -0.2) is 35.9 Å². The monoisotopic (exact) mass is 480 g/mol. The van der Waals surface area contributed by atoms with Crippen molar-refractivity contribution in [2.75, 3.05) is 13.2 Å². The minimum atomic E-state index is -0.576. The van der Waals surface area contributed by atoms with E-state index in [1.54, 1.807) is 23.1 Å². The Balaban J connectivity index is 2.19. The van der Waals surface area contributed by atoms with E-state index in [1.165, 1.54) is 0 Å². The lowest BCUT2D eigenvalue weighted by atomic mass is 10.1. The van der Waals surface area contributed by atoms with Crippen LogP contribution in [0.3, 0.4) is 0 Å². The number of aryl methyl sites for hydroxylation is 1. The van der Waals surface area contributed by atoms with Gasteiger partial charge >= 0.3 is 0 Å². The number of carbonyl (C=O) groups is 2. The first-order chi connectivity index (χ1) is 13.8. The highest BCUT2D eigenvalue weighted by Crippen LogP contribution is 2.22. The van der Waals surface area contributed by atoms with Crippen LogP contribution in [0.2, 0.25) is 5.02 Å². The smallest absolute Gasteiger partial charge is 0.261 e. The third-order valence-corrected chi connectivity index (χ3v) is 5.64. The van der Waals surface area contributed by atoms with Gasteiger partial charge in [-0.1, -0.05) is 46.6 Å². The fourth-order valence-corrected chi connectivity index (χ4v) is 3.31. The van der Waals surface area contributed by atoms with Crippen LogP contribution in [0.5, 0.6) is 5.75 Å². The second kappa shape index (κ2) is 11.2. The van der Waals surface area contributed by atoms with E-state index in [4.69, 9.17) is 16.3 Å². The van der Waals surface area contributed by atoms with E-state index >= 15 is 0 Å². The van der Waals surface area contributed by atoms with Crippen molar-refractivity contribution in [2.45, 2.75) is 39.8 Å². The van der Waals surface area contributed by atoms with Gasteiger partial charge in [-0.25, -0.2) is 0 Å². The lowest BCUT2D eigenvalue weighted by Gasteiger charge is -2.30. The Kier molecular flexibility index (Phi) is 8.99. The Labute approximate surface area is 185 Å². The number of benzene rings is 2. The minimum Gasteiger partial charge on any atom is -0.484 e. The maximum absolute atomic E-state index is 13.0. The van der Waals surface area contributed by atoms with Gasteiger partial charge in [-0.05, 0) is 61.7 Å². The first kappa shape index (κ1) is 23.2. The predicted molar refractivity (Wildman–Crippen MR) is 119 cm³/mol. The lowest BCUT2D eigenvalue weighted by molar-refractivity contribution is -0.142. The second-order valence-electron chi connectivity index (χ2n) is 6.67. The van der Waals surface area contributed by atoms with Crippen molar-refractivity contribution in [3.8, 4) is 5.75 Å². The number of hydrogen-bond acceptors (Lipinski definition) is 3. The fourth-order valence-electron chi connectivity index (χ4n) is 2.93. The van der Waals surface area contributed by atoms with E-state index in [9.17, 15) is 9.59 Å². The van der Waals surface area contributed by atoms with E-state index in [2.05, 4.69) is 21.2 Å². The molecule has 0 saturated carbocycles. The molecule has 2 aromatic carbocycles. The molecule has 0 aromatic heterocycles. The van der Waals surface area contributed by atoms with Crippen LogP contribution in [0.15, 0.2) is 46.9 Å². The Morgan fingerprint density at radius 1 is 1.17 bits per heavy atom. The Morgan fingerprint density at radius 3 is 2.45 bits per heavy atom. The largest absolute Gasteiger partial charge is 0.484 e. The van der Waals surface area contributed by atoms with Crippen LogP contribution in [0.1, 0.15) is 31.4 Å². The molecule has 0 aliphatic carbocycles. The summed E-state index contributed by atoms with van der Waals surface area (Å²) < 4.78 is 6.69. The zero-order valence-electron chi connectivity index (χ0n) is 16.9. The number of amides is 2. The van der Waals surface area contributed by atoms with Crippen LogP contribution < -0.4 is 10.1 Å². The summed E-state index contributed by atoms with van der Waals surface area (Å²) in [6.07, 6.45) is 0.503. The molecule has 0 spiro atoms. The topological polar surface area (TPSA) is 58.6 Å². The van der Waals surface area contributed by atoms with Crippen molar-refractivity contribution >= 4 is 39.3 Å². The SMILES string of the molecule is CCNC(=O)[C@@H](CC)N(Cc1ccc(Cl)cc1)C(=O)COc1ccc(Br)c(C)c1.